The molecule has 3 fully saturated rings. The van der Waals surface area contributed by atoms with E-state index in [0.29, 0.717) is 18.3 Å². The van der Waals surface area contributed by atoms with Crippen LogP contribution in [0.4, 0.5) is 0 Å². The Morgan fingerprint density at radius 1 is 1.19 bits per heavy atom. The van der Waals surface area contributed by atoms with E-state index < -0.39 is 11.4 Å². The van der Waals surface area contributed by atoms with Crippen LogP contribution in [0.1, 0.15) is 51.9 Å². The van der Waals surface area contributed by atoms with Gasteiger partial charge >= 0.3 is 5.97 Å². The van der Waals surface area contributed by atoms with Crippen LogP contribution in [0.5, 0.6) is 0 Å². The van der Waals surface area contributed by atoms with Crippen molar-refractivity contribution in [1.29, 1.82) is 0 Å². The van der Waals surface area contributed by atoms with E-state index in [1.54, 1.807) is 6.92 Å². The zero-order valence-corrected chi connectivity index (χ0v) is 12.7. The largest absolute Gasteiger partial charge is 0.481 e. The molecule has 5 nitrogen and oxygen atoms in total. The monoisotopic (exact) mass is 294 g/mol. The first-order chi connectivity index (χ1) is 9.93. The van der Waals surface area contributed by atoms with Crippen molar-refractivity contribution in [3.63, 3.8) is 0 Å². The third-order valence-electron chi connectivity index (χ3n) is 6.30. The summed E-state index contributed by atoms with van der Waals surface area (Å²) in [5.74, 6) is -0.0184. The normalized spacial score (nSPS) is 45.5. The summed E-state index contributed by atoms with van der Waals surface area (Å²) in [6, 6.07) is -0.300. The molecule has 118 valence electrons. The molecule has 1 amide bonds. The van der Waals surface area contributed by atoms with Crippen molar-refractivity contribution in [2.45, 2.75) is 64.0 Å². The highest BCUT2D eigenvalue weighted by Crippen LogP contribution is 2.48. The number of aliphatic carboxylic acids is 1. The first-order valence-electron chi connectivity index (χ1n) is 8.23. The highest BCUT2D eigenvalue weighted by Gasteiger charge is 2.51. The number of hydrogen-bond donors (Lipinski definition) is 3. The van der Waals surface area contributed by atoms with Crippen molar-refractivity contribution in [2.24, 2.45) is 28.9 Å². The summed E-state index contributed by atoms with van der Waals surface area (Å²) in [6.07, 6.45) is 6.60. The van der Waals surface area contributed by atoms with Crippen molar-refractivity contribution >= 4 is 11.9 Å². The number of carboxylic acid groups (broad SMARTS) is 1. The molecule has 3 saturated carbocycles. The van der Waals surface area contributed by atoms with Gasteiger partial charge in [-0.15, -0.1) is 0 Å². The third-order valence-corrected chi connectivity index (χ3v) is 6.30. The van der Waals surface area contributed by atoms with Gasteiger partial charge < -0.3 is 16.2 Å². The fourth-order valence-corrected chi connectivity index (χ4v) is 4.81. The van der Waals surface area contributed by atoms with Gasteiger partial charge in [-0.1, -0.05) is 12.8 Å². The van der Waals surface area contributed by atoms with Gasteiger partial charge in [0.25, 0.3) is 0 Å². The van der Waals surface area contributed by atoms with Crippen molar-refractivity contribution in [1.82, 2.24) is 5.32 Å². The number of nitrogens with two attached hydrogens (primary N) is 1. The Hall–Kier alpha value is -1.10. The molecule has 0 aliphatic heterocycles. The number of rotatable bonds is 3. The first-order valence-corrected chi connectivity index (χ1v) is 8.23. The highest BCUT2D eigenvalue weighted by atomic mass is 16.4. The van der Waals surface area contributed by atoms with E-state index in [1.165, 1.54) is 0 Å². The molecule has 21 heavy (non-hydrogen) atoms. The summed E-state index contributed by atoms with van der Waals surface area (Å²) in [5, 5.41) is 12.6. The number of amides is 1. The predicted octanol–water partition coefficient (Wildman–Crippen LogP) is 1.51. The maximum Gasteiger partial charge on any atom is 0.311 e. The Labute approximate surface area is 125 Å². The number of carbonyl (C=O) groups is 2. The van der Waals surface area contributed by atoms with Gasteiger partial charge in [0.2, 0.25) is 5.91 Å². The molecule has 0 heterocycles. The van der Waals surface area contributed by atoms with E-state index in [-0.39, 0.29) is 23.9 Å². The first kappa shape index (κ1) is 14.8. The Balaban J connectivity index is 1.70. The fourth-order valence-electron chi connectivity index (χ4n) is 4.81. The van der Waals surface area contributed by atoms with Gasteiger partial charge in [0.05, 0.1) is 11.3 Å². The van der Waals surface area contributed by atoms with Gasteiger partial charge in [-0.25, -0.2) is 0 Å². The van der Waals surface area contributed by atoms with Crippen LogP contribution in [-0.4, -0.2) is 29.1 Å². The fraction of sp³-hybridized carbons (Fsp3) is 0.875. The maximum atomic E-state index is 12.6. The van der Waals surface area contributed by atoms with E-state index in [4.69, 9.17) is 5.73 Å². The Morgan fingerprint density at radius 2 is 1.90 bits per heavy atom. The van der Waals surface area contributed by atoms with Crippen LogP contribution >= 0.6 is 0 Å². The molecule has 6 unspecified atom stereocenters. The van der Waals surface area contributed by atoms with Crippen LogP contribution in [0.2, 0.25) is 0 Å². The van der Waals surface area contributed by atoms with E-state index in [0.717, 1.165) is 38.5 Å². The van der Waals surface area contributed by atoms with E-state index in [2.05, 4.69) is 5.32 Å². The summed E-state index contributed by atoms with van der Waals surface area (Å²) in [7, 11) is 0. The molecule has 0 spiro atoms. The van der Waals surface area contributed by atoms with Gasteiger partial charge in [0, 0.05) is 12.1 Å². The molecular weight excluding hydrogens is 268 g/mol. The molecule has 2 bridgehead atoms. The van der Waals surface area contributed by atoms with E-state index in [9.17, 15) is 14.7 Å². The number of fused-ring (bicyclic) bond motifs is 2. The SMILES string of the molecule is CC1(C(=O)O)CCCCC1NC(=O)C1C2CCC(C2)C1N. The molecule has 3 aliphatic rings. The molecule has 6 atom stereocenters. The molecule has 0 aromatic carbocycles. The molecule has 4 N–H and O–H groups in total. The zero-order chi connectivity index (χ0) is 15.2. The van der Waals surface area contributed by atoms with Gasteiger partial charge in [-0.2, -0.15) is 0 Å². The van der Waals surface area contributed by atoms with Crippen LogP contribution in [0, 0.1) is 23.2 Å². The second-order valence-corrected chi connectivity index (χ2v) is 7.47. The van der Waals surface area contributed by atoms with Gasteiger partial charge in [-0.05, 0) is 50.9 Å². The van der Waals surface area contributed by atoms with Gasteiger partial charge in [-0.3, -0.25) is 9.59 Å². The van der Waals surface area contributed by atoms with Gasteiger partial charge in [0.15, 0.2) is 0 Å². The summed E-state index contributed by atoms with van der Waals surface area (Å²) < 4.78 is 0. The number of hydrogen-bond acceptors (Lipinski definition) is 3. The molecule has 0 radical (unpaired) electrons. The van der Waals surface area contributed by atoms with Crippen molar-refractivity contribution in [3.05, 3.63) is 0 Å². The number of nitrogens with one attached hydrogen (secondary N) is 1. The predicted molar refractivity (Wildman–Crippen MR) is 78.4 cm³/mol. The Bertz CT molecular complexity index is 451. The Kier molecular flexibility index (Phi) is 3.72. The van der Waals surface area contributed by atoms with Crippen LogP contribution in [-0.2, 0) is 9.59 Å². The highest BCUT2D eigenvalue weighted by molar-refractivity contribution is 5.82. The average molecular weight is 294 g/mol. The summed E-state index contributed by atoms with van der Waals surface area (Å²) in [4.78, 5) is 24.2. The molecular formula is C16H26N2O3. The van der Waals surface area contributed by atoms with E-state index >= 15 is 0 Å². The number of carboxylic acids is 1. The lowest BCUT2D eigenvalue weighted by atomic mass is 9.71. The quantitative estimate of drug-likeness (QED) is 0.735. The number of carbonyl (C=O) groups excluding carboxylic acids is 1. The van der Waals surface area contributed by atoms with Crippen molar-refractivity contribution in [3.8, 4) is 0 Å². The second kappa shape index (κ2) is 5.27. The third kappa shape index (κ3) is 2.35. The minimum absolute atomic E-state index is 0.00549. The second-order valence-electron chi connectivity index (χ2n) is 7.47. The molecule has 3 aliphatic carbocycles. The molecule has 0 aromatic rings. The smallest absolute Gasteiger partial charge is 0.311 e. The molecule has 0 aromatic heterocycles. The van der Waals surface area contributed by atoms with Crippen LogP contribution in [0.3, 0.4) is 0 Å². The average Bonchev–Trinajstić information content (AvgIpc) is 3.01. The maximum absolute atomic E-state index is 12.6. The van der Waals surface area contributed by atoms with Crippen LogP contribution in [0.25, 0.3) is 0 Å². The lowest BCUT2D eigenvalue weighted by molar-refractivity contribution is -0.152. The van der Waals surface area contributed by atoms with Crippen LogP contribution < -0.4 is 11.1 Å². The van der Waals surface area contributed by atoms with Crippen molar-refractivity contribution < 1.29 is 14.7 Å². The van der Waals surface area contributed by atoms with Gasteiger partial charge in [0.1, 0.15) is 0 Å². The minimum atomic E-state index is -0.838. The van der Waals surface area contributed by atoms with Crippen molar-refractivity contribution in [2.75, 3.05) is 0 Å². The summed E-state index contributed by atoms with van der Waals surface area (Å²) in [5.41, 5.74) is 5.38. The van der Waals surface area contributed by atoms with Crippen LogP contribution in [0.15, 0.2) is 0 Å². The lowest BCUT2D eigenvalue weighted by Crippen LogP contribution is -2.55. The molecule has 3 rings (SSSR count). The topological polar surface area (TPSA) is 92.4 Å². The summed E-state index contributed by atoms with van der Waals surface area (Å²) >= 11 is 0. The standard InChI is InChI=1S/C16H26N2O3/c1-16(15(20)21)7-3-2-4-11(16)18-14(19)12-9-5-6-10(8-9)13(12)17/h9-13H,2-8,17H2,1H3,(H,18,19)(H,20,21). The Morgan fingerprint density at radius 3 is 2.52 bits per heavy atom. The lowest BCUT2D eigenvalue weighted by Gasteiger charge is -2.39. The summed E-state index contributed by atoms with van der Waals surface area (Å²) in [6.45, 7) is 1.76. The molecule has 0 saturated heterocycles. The molecule has 5 heteroatoms. The zero-order valence-electron chi connectivity index (χ0n) is 12.7. The van der Waals surface area contributed by atoms with E-state index in [1.807, 2.05) is 0 Å². The minimum Gasteiger partial charge on any atom is -0.481 e.